The Kier molecular flexibility index (Phi) is 6.71. The highest BCUT2D eigenvalue weighted by molar-refractivity contribution is 6.30. The SMILES string of the molecule is Cc1nn(C(C)C)c(C)c1CN1CCCC(N2CCN(c3cccc(Cl)c3)CC2)C1. The molecule has 30 heavy (non-hydrogen) atoms. The zero-order chi connectivity index (χ0) is 21.3. The van der Waals surface area contributed by atoms with E-state index in [0.717, 1.165) is 37.7 Å². The van der Waals surface area contributed by atoms with Gasteiger partial charge in [0.1, 0.15) is 0 Å². The summed E-state index contributed by atoms with van der Waals surface area (Å²) in [4.78, 5) is 7.83. The molecule has 2 saturated heterocycles. The number of benzene rings is 1. The van der Waals surface area contributed by atoms with Gasteiger partial charge in [-0.15, -0.1) is 0 Å². The Hall–Kier alpha value is -1.56. The highest BCUT2D eigenvalue weighted by Gasteiger charge is 2.29. The van der Waals surface area contributed by atoms with Crippen molar-refractivity contribution < 1.29 is 0 Å². The minimum absolute atomic E-state index is 0.419. The van der Waals surface area contributed by atoms with Gasteiger partial charge in [0.25, 0.3) is 0 Å². The van der Waals surface area contributed by atoms with Gasteiger partial charge in [-0.2, -0.15) is 5.10 Å². The molecule has 1 unspecified atom stereocenters. The maximum absolute atomic E-state index is 6.19. The van der Waals surface area contributed by atoms with Crippen LogP contribution in [0.2, 0.25) is 5.02 Å². The molecule has 0 radical (unpaired) electrons. The maximum atomic E-state index is 6.19. The number of hydrogen-bond acceptors (Lipinski definition) is 4. The average molecular weight is 430 g/mol. The number of halogens is 1. The van der Waals surface area contributed by atoms with Crippen molar-refractivity contribution in [2.45, 2.75) is 59.2 Å². The molecular formula is C24H36ClN5. The van der Waals surface area contributed by atoms with Gasteiger partial charge in [-0.1, -0.05) is 17.7 Å². The van der Waals surface area contributed by atoms with E-state index in [0.29, 0.717) is 12.1 Å². The third-order valence-corrected chi connectivity index (χ3v) is 7.07. The Labute approximate surface area is 186 Å². The Morgan fingerprint density at radius 2 is 1.87 bits per heavy atom. The topological polar surface area (TPSA) is 27.5 Å². The smallest absolute Gasteiger partial charge is 0.0641 e. The second-order valence-corrected chi connectivity index (χ2v) is 9.66. The summed E-state index contributed by atoms with van der Waals surface area (Å²) in [6.07, 6.45) is 2.60. The van der Waals surface area contributed by atoms with Gasteiger partial charge in [0, 0.05) is 73.3 Å². The van der Waals surface area contributed by atoms with Crippen molar-refractivity contribution in [1.29, 1.82) is 0 Å². The zero-order valence-electron chi connectivity index (χ0n) is 18.9. The van der Waals surface area contributed by atoms with Gasteiger partial charge in [-0.3, -0.25) is 14.5 Å². The van der Waals surface area contributed by atoms with Gasteiger partial charge in [0.2, 0.25) is 0 Å². The molecule has 0 amide bonds. The second kappa shape index (κ2) is 9.29. The van der Waals surface area contributed by atoms with Crippen molar-refractivity contribution in [3.05, 3.63) is 46.2 Å². The lowest BCUT2D eigenvalue weighted by Gasteiger charge is -2.44. The average Bonchev–Trinajstić information content (AvgIpc) is 3.03. The molecule has 0 spiro atoms. The first-order valence-electron chi connectivity index (χ1n) is 11.4. The third kappa shape index (κ3) is 4.68. The number of nitrogens with zero attached hydrogens (tertiary/aromatic N) is 5. The summed E-state index contributed by atoms with van der Waals surface area (Å²) in [5, 5.41) is 5.62. The Morgan fingerprint density at radius 1 is 1.10 bits per heavy atom. The van der Waals surface area contributed by atoms with Gasteiger partial charge >= 0.3 is 0 Å². The van der Waals surface area contributed by atoms with E-state index < -0.39 is 0 Å². The highest BCUT2D eigenvalue weighted by Crippen LogP contribution is 2.25. The van der Waals surface area contributed by atoms with Crippen molar-refractivity contribution in [3.8, 4) is 0 Å². The molecule has 5 nitrogen and oxygen atoms in total. The molecule has 2 aliphatic rings. The van der Waals surface area contributed by atoms with E-state index in [1.807, 2.05) is 6.07 Å². The molecule has 2 aliphatic heterocycles. The molecule has 6 heteroatoms. The van der Waals surface area contributed by atoms with Crippen LogP contribution >= 0.6 is 11.6 Å². The molecule has 4 rings (SSSR count). The minimum atomic E-state index is 0.419. The largest absolute Gasteiger partial charge is 0.369 e. The Bertz CT molecular complexity index is 853. The van der Waals surface area contributed by atoms with Crippen molar-refractivity contribution in [2.24, 2.45) is 0 Å². The summed E-state index contributed by atoms with van der Waals surface area (Å²) in [6, 6.07) is 9.34. The summed E-state index contributed by atoms with van der Waals surface area (Å²) < 4.78 is 2.18. The van der Waals surface area contributed by atoms with Crippen molar-refractivity contribution in [2.75, 3.05) is 44.2 Å². The Balaban J connectivity index is 1.35. The predicted octanol–water partition coefficient (Wildman–Crippen LogP) is 4.52. The number of aromatic nitrogens is 2. The first-order valence-corrected chi connectivity index (χ1v) is 11.8. The number of piperazine rings is 1. The van der Waals surface area contributed by atoms with E-state index in [9.17, 15) is 0 Å². The summed E-state index contributed by atoms with van der Waals surface area (Å²) in [5.41, 5.74) is 5.20. The Morgan fingerprint density at radius 3 is 2.53 bits per heavy atom. The van der Waals surface area contributed by atoms with Gasteiger partial charge in [0.05, 0.1) is 5.69 Å². The molecule has 0 N–H and O–H groups in total. The number of hydrogen-bond donors (Lipinski definition) is 0. The van der Waals surface area contributed by atoms with Gasteiger partial charge in [-0.05, 0) is 65.3 Å². The lowest BCUT2D eigenvalue weighted by Crippen LogP contribution is -2.55. The number of aryl methyl sites for hydroxylation is 1. The molecule has 2 aromatic rings. The molecule has 1 aromatic carbocycles. The molecule has 0 aliphatic carbocycles. The maximum Gasteiger partial charge on any atom is 0.0641 e. The quantitative estimate of drug-likeness (QED) is 0.698. The van der Waals surface area contributed by atoms with Gasteiger partial charge in [-0.25, -0.2) is 0 Å². The molecule has 0 bridgehead atoms. The number of anilines is 1. The van der Waals surface area contributed by atoms with E-state index in [1.165, 1.54) is 48.6 Å². The van der Waals surface area contributed by atoms with Crippen LogP contribution in [0, 0.1) is 13.8 Å². The van der Waals surface area contributed by atoms with Gasteiger partial charge < -0.3 is 4.90 Å². The van der Waals surface area contributed by atoms with Crippen LogP contribution < -0.4 is 4.90 Å². The second-order valence-electron chi connectivity index (χ2n) is 9.22. The van der Waals surface area contributed by atoms with Crippen LogP contribution in [-0.4, -0.2) is 64.9 Å². The first kappa shape index (κ1) is 21.7. The van der Waals surface area contributed by atoms with Crippen LogP contribution in [0.3, 0.4) is 0 Å². The summed E-state index contributed by atoms with van der Waals surface area (Å²) >= 11 is 6.19. The first-order chi connectivity index (χ1) is 14.4. The highest BCUT2D eigenvalue weighted by atomic mass is 35.5. The molecule has 0 saturated carbocycles. The van der Waals surface area contributed by atoms with E-state index >= 15 is 0 Å². The number of piperidine rings is 1. The van der Waals surface area contributed by atoms with Crippen LogP contribution in [0.1, 0.15) is 49.7 Å². The summed E-state index contributed by atoms with van der Waals surface area (Å²) in [6.45, 7) is 16.6. The monoisotopic (exact) mass is 429 g/mol. The van der Waals surface area contributed by atoms with Gasteiger partial charge in [0.15, 0.2) is 0 Å². The molecule has 3 heterocycles. The zero-order valence-corrected chi connectivity index (χ0v) is 19.7. The number of likely N-dealkylation sites (tertiary alicyclic amines) is 1. The normalized spacial score (nSPS) is 21.5. The van der Waals surface area contributed by atoms with Crippen LogP contribution in [-0.2, 0) is 6.54 Å². The van der Waals surface area contributed by atoms with Crippen LogP contribution in [0.4, 0.5) is 5.69 Å². The van der Waals surface area contributed by atoms with Crippen LogP contribution in [0.25, 0.3) is 0 Å². The van der Waals surface area contributed by atoms with E-state index in [4.69, 9.17) is 16.7 Å². The van der Waals surface area contributed by atoms with E-state index in [1.54, 1.807) is 0 Å². The van der Waals surface area contributed by atoms with Crippen LogP contribution in [0.15, 0.2) is 24.3 Å². The molecular weight excluding hydrogens is 394 g/mol. The third-order valence-electron chi connectivity index (χ3n) is 6.83. The predicted molar refractivity (Wildman–Crippen MR) is 126 cm³/mol. The summed E-state index contributed by atoms with van der Waals surface area (Å²) in [7, 11) is 0. The molecule has 164 valence electrons. The lowest BCUT2D eigenvalue weighted by molar-refractivity contribution is 0.0885. The molecule has 2 fully saturated rings. The van der Waals surface area contributed by atoms with Crippen molar-refractivity contribution in [3.63, 3.8) is 0 Å². The fourth-order valence-electron chi connectivity index (χ4n) is 5.14. The standard InChI is InChI=1S/C24H36ClN5/c1-18(2)30-20(4)24(19(3)26-30)17-27-10-6-9-23(16-27)29-13-11-28(12-14-29)22-8-5-7-21(25)15-22/h5,7-8,15,18,23H,6,9-14,16-17H2,1-4H3. The number of rotatable bonds is 5. The van der Waals surface area contributed by atoms with E-state index in [-0.39, 0.29) is 0 Å². The van der Waals surface area contributed by atoms with Crippen molar-refractivity contribution in [1.82, 2.24) is 19.6 Å². The van der Waals surface area contributed by atoms with Crippen molar-refractivity contribution >= 4 is 17.3 Å². The van der Waals surface area contributed by atoms with E-state index in [2.05, 4.69) is 65.3 Å². The molecule has 1 atom stereocenters. The lowest BCUT2D eigenvalue weighted by atomic mass is 10.0. The molecule has 1 aromatic heterocycles. The fourth-order valence-corrected chi connectivity index (χ4v) is 5.33. The minimum Gasteiger partial charge on any atom is -0.369 e. The summed E-state index contributed by atoms with van der Waals surface area (Å²) in [5.74, 6) is 0. The van der Waals surface area contributed by atoms with Crippen LogP contribution in [0.5, 0.6) is 0 Å². The fraction of sp³-hybridized carbons (Fsp3) is 0.625.